The Bertz CT molecular complexity index is 1050. The molecule has 0 aliphatic heterocycles. The molecule has 1 aliphatic rings. The van der Waals surface area contributed by atoms with E-state index in [2.05, 4.69) is 15.3 Å². The Hall–Kier alpha value is -1.80. The minimum atomic E-state index is -0.804. The standard InChI is InChI=1S/C22H21Cl2N3O2S2/c23-16-4-2-5-17(19(16)24)31-15-7-9-22(10-8-15,20(28)29)13-14-3-1-6-18(26-14)27-21-25-11-12-30-21/h1-6,11-12,15H,7-10,13H2,(H,28,29)(H,25,26,27). The summed E-state index contributed by atoms with van der Waals surface area (Å²) < 4.78 is 0. The predicted molar refractivity (Wildman–Crippen MR) is 128 cm³/mol. The molecule has 5 nitrogen and oxygen atoms in total. The van der Waals surface area contributed by atoms with Crippen LogP contribution in [-0.4, -0.2) is 26.3 Å². The number of nitrogens with one attached hydrogen (secondary N) is 1. The summed E-state index contributed by atoms with van der Waals surface area (Å²) in [6.07, 6.45) is 4.94. The van der Waals surface area contributed by atoms with Crippen LogP contribution in [0.5, 0.6) is 0 Å². The zero-order chi connectivity index (χ0) is 21.8. The Kier molecular flexibility index (Phi) is 7.06. The monoisotopic (exact) mass is 493 g/mol. The van der Waals surface area contributed by atoms with Gasteiger partial charge in [-0.3, -0.25) is 4.79 Å². The lowest BCUT2D eigenvalue weighted by molar-refractivity contribution is -0.151. The van der Waals surface area contributed by atoms with Gasteiger partial charge in [0.1, 0.15) is 5.82 Å². The molecule has 0 atom stereocenters. The minimum absolute atomic E-state index is 0.314. The van der Waals surface area contributed by atoms with E-state index in [4.69, 9.17) is 23.2 Å². The van der Waals surface area contributed by atoms with Crippen LogP contribution in [-0.2, 0) is 11.2 Å². The van der Waals surface area contributed by atoms with Gasteiger partial charge in [-0.2, -0.15) is 0 Å². The van der Waals surface area contributed by atoms with E-state index in [-0.39, 0.29) is 0 Å². The quantitative estimate of drug-likeness (QED) is 0.371. The lowest BCUT2D eigenvalue weighted by Crippen LogP contribution is -2.38. The van der Waals surface area contributed by atoms with Crippen molar-refractivity contribution in [1.29, 1.82) is 0 Å². The van der Waals surface area contributed by atoms with E-state index < -0.39 is 11.4 Å². The molecular formula is C22H21Cl2N3O2S2. The van der Waals surface area contributed by atoms with E-state index in [9.17, 15) is 9.90 Å². The van der Waals surface area contributed by atoms with Crippen LogP contribution in [0, 0.1) is 5.41 Å². The molecule has 0 bridgehead atoms. The maximum Gasteiger partial charge on any atom is 0.310 e. The van der Waals surface area contributed by atoms with E-state index in [1.165, 1.54) is 11.3 Å². The molecule has 0 amide bonds. The third-order valence-corrected chi connectivity index (χ3v) is 8.57. The summed E-state index contributed by atoms with van der Waals surface area (Å²) >= 11 is 15.6. The second-order valence-corrected chi connectivity index (χ2v) is 10.6. The molecule has 0 unspecified atom stereocenters. The number of carboxylic acids is 1. The van der Waals surface area contributed by atoms with Crippen molar-refractivity contribution in [2.45, 2.75) is 42.2 Å². The number of pyridine rings is 1. The van der Waals surface area contributed by atoms with Crippen LogP contribution in [0.4, 0.5) is 10.9 Å². The molecule has 9 heteroatoms. The Morgan fingerprint density at radius 2 is 2.00 bits per heavy atom. The van der Waals surface area contributed by atoms with Crippen molar-refractivity contribution in [3.63, 3.8) is 0 Å². The number of carboxylic acid groups (broad SMARTS) is 1. The van der Waals surface area contributed by atoms with Crippen molar-refractivity contribution in [3.05, 3.63) is 63.7 Å². The molecule has 1 saturated carbocycles. The zero-order valence-corrected chi connectivity index (χ0v) is 19.7. The summed E-state index contributed by atoms with van der Waals surface area (Å²) in [5.74, 6) is -0.0790. The van der Waals surface area contributed by atoms with Gasteiger partial charge >= 0.3 is 5.97 Å². The Labute approximate surface area is 199 Å². The highest BCUT2D eigenvalue weighted by Gasteiger charge is 2.42. The average Bonchev–Trinajstić information content (AvgIpc) is 3.26. The first-order chi connectivity index (χ1) is 14.9. The van der Waals surface area contributed by atoms with Gasteiger partial charge < -0.3 is 10.4 Å². The van der Waals surface area contributed by atoms with Gasteiger partial charge in [0.25, 0.3) is 0 Å². The SMILES string of the molecule is O=C(O)C1(Cc2cccc(Nc3nccs3)n2)CCC(Sc2cccc(Cl)c2Cl)CC1. The van der Waals surface area contributed by atoms with E-state index in [1.807, 2.05) is 35.7 Å². The number of hydrogen-bond donors (Lipinski definition) is 2. The minimum Gasteiger partial charge on any atom is -0.481 e. The van der Waals surface area contributed by atoms with Gasteiger partial charge in [0.05, 0.1) is 15.5 Å². The molecule has 2 heterocycles. The summed E-state index contributed by atoms with van der Waals surface area (Å²) in [5.41, 5.74) is -0.0323. The summed E-state index contributed by atoms with van der Waals surface area (Å²) in [7, 11) is 0. The van der Waals surface area contributed by atoms with Crippen molar-refractivity contribution in [2.75, 3.05) is 5.32 Å². The topological polar surface area (TPSA) is 75.1 Å². The smallest absolute Gasteiger partial charge is 0.310 e. The average molecular weight is 494 g/mol. The molecule has 1 aromatic carbocycles. The zero-order valence-electron chi connectivity index (χ0n) is 16.6. The van der Waals surface area contributed by atoms with Crippen LogP contribution in [0.1, 0.15) is 31.4 Å². The van der Waals surface area contributed by atoms with E-state index in [1.54, 1.807) is 24.0 Å². The number of rotatable bonds is 7. The summed E-state index contributed by atoms with van der Waals surface area (Å²) in [5, 5.41) is 17.3. The van der Waals surface area contributed by atoms with Gasteiger partial charge in [-0.15, -0.1) is 23.1 Å². The lowest BCUT2D eigenvalue weighted by atomic mass is 9.71. The van der Waals surface area contributed by atoms with Crippen LogP contribution in [0.2, 0.25) is 10.0 Å². The lowest BCUT2D eigenvalue weighted by Gasteiger charge is -2.36. The summed E-state index contributed by atoms with van der Waals surface area (Å²) in [6, 6.07) is 11.3. The van der Waals surface area contributed by atoms with Crippen molar-refractivity contribution in [1.82, 2.24) is 9.97 Å². The highest BCUT2D eigenvalue weighted by molar-refractivity contribution is 8.00. The number of benzene rings is 1. The Balaban J connectivity index is 1.43. The van der Waals surface area contributed by atoms with Crippen LogP contribution in [0.3, 0.4) is 0 Å². The number of anilines is 2. The fraction of sp³-hybridized carbons (Fsp3) is 0.318. The van der Waals surface area contributed by atoms with Crippen molar-refractivity contribution >= 4 is 63.2 Å². The van der Waals surface area contributed by atoms with Gasteiger partial charge in [-0.25, -0.2) is 9.97 Å². The Morgan fingerprint density at radius 3 is 2.71 bits per heavy atom. The van der Waals surface area contributed by atoms with Crippen LogP contribution in [0.15, 0.2) is 52.9 Å². The molecule has 31 heavy (non-hydrogen) atoms. The van der Waals surface area contributed by atoms with E-state index in [0.29, 0.717) is 40.4 Å². The molecule has 2 aromatic heterocycles. The van der Waals surface area contributed by atoms with E-state index >= 15 is 0 Å². The molecule has 162 valence electrons. The molecule has 2 N–H and O–H groups in total. The van der Waals surface area contributed by atoms with E-state index in [0.717, 1.165) is 28.6 Å². The van der Waals surface area contributed by atoms with Crippen LogP contribution < -0.4 is 5.32 Å². The highest BCUT2D eigenvalue weighted by Crippen LogP contribution is 2.46. The van der Waals surface area contributed by atoms with Gasteiger partial charge in [0.15, 0.2) is 5.13 Å². The van der Waals surface area contributed by atoms with Gasteiger partial charge in [0, 0.05) is 33.8 Å². The third-order valence-electron chi connectivity index (χ3n) is 5.55. The second kappa shape index (κ2) is 9.77. The van der Waals surface area contributed by atoms with Crippen molar-refractivity contribution in [2.24, 2.45) is 5.41 Å². The fourth-order valence-electron chi connectivity index (χ4n) is 3.87. The number of thioether (sulfide) groups is 1. The number of aliphatic carboxylic acids is 1. The maximum absolute atomic E-state index is 12.3. The molecule has 0 saturated heterocycles. The predicted octanol–water partition coefficient (Wildman–Crippen LogP) is 6.94. The first kappa shape index (κ1) is 22.4. The normalized spacial score (nSPS) is 21.0. The van der Waals surface area contributed by atoms with Crippen molar-refractivity contribution in [3.8, 4) is 0 Å². The first-order valence-electron chi connectivity index (χ1n) is 9.92. The summed E-state index contributed by atoms with van der Waals surface area (Å²) in [6.45, 7) is 0. The molecule has 4 rings (SSSR count). The number of aromatic nitrogens is 2. The van der Waals surface area contributed by atoms with Gasteiger partial charge in [-0.1, -0.05) is 35.3 Å². The number of halogens is 2. The molecular weight excluding hydrogens is 473 g/mol. The molecule has 3 aromatic rings. The van der Waals surface area contributed by atoms with Crippen molar-refractivity contribution < 1.29 is 9.90 Å². The number of thiazole rings is 1. The fourth-order valence-corrected chi connectivity index (χ4v) is 6.10. The Morgan fingerprint density at radius 1 is 1.23 bits per heavy atom. The number of nitrogens with zero attached hydrogens (tertiary/aromatic N) is 2. The maximum atomic E-state index is 12.3. The molecule has 0 radical (unpaired) electrons. The highest BCUT2D eigenvalue weighted by atomic mass is 35.5. The van der Waals surface area contributed by atoms with Crippen LogP contribution in [0.25, 0.3) is 0 Å². The van der Waals surface area contributed by atoms with Gasteiger partial charge in [0.2, 0.25) is 0 Å². The largest absolute Gasteiger partial charge is 0.481 e. The van der Waals surface area contributed by atoms with Crippen LogP contribution >= 0.6 is 46.3 Å². The second-order valence-electron chi connectivity index (χ2n) is 7.61. The molecule has 1 fully saturated rings. The number of carbonyl (C=O) groups is 1. The summed E-state index contributed by atoms with van der Waals surface area (Å²) in [4.78, 5) is 22.1. The third kappa shape index (κ3) is 5.34. The van der Waals surface area contributed by atoms with Gasteiger partial charge in [-0.05, 0) is 49.9 Å². The number of hydrogen-bond acceptors (Lipinski definition) is 6. The molecule has 0 spiro atoms. The first-order valence-corrected chi connectivity index (χ1v) is 12.4. The molecule has 1 aliphatic carbocycles.